The van der Waals surface area contributed by atoms with Crippen LogP contribution in [0.4, 0.5) is 0 Å². The monoisotopic (exact) mass is 311 g/mol. The normalized spacial score (nSPS) is 20.5. The summed E-state index contributed by atoms with van der Waals surface area (Å²) in [5.41, 5.74) is 1.90. The van der Waals surface area contributed by atoms with Crippen molar-refractivity contribution in [1.29, 1.82) is 0 Å². The van der Waals surface area contributed by atoms with Crippen LogP contribution in [0.25, 0.3) is 6.08 Å². The largest absolute Gasteiger partial charge is 0.294 e. The van der Waals surface area contributed by atoms with Crippen molar-refractivity contribution < 1.29 is 4.79 Å². The molecule has 1 fully saturated rings. The Bertz CT molecular complexity index is 671. The summed E-state index contributed by atoms with van der Waals surface area (Å²) < 4.78 is 0. The fraction of sp³-hybridized carbons (Fsp3) is 0.316. The topological polar surface area (TPSA) is 20.3 Å². The van der Waals surface area contributed by atoms with Crippen molar-refractivity contribution >= 4 is 23.2 Å². The van der Waals surface area contributed by atoms with Crippen LogP contribution in [0.5, 0.6) is 0 Å². The smallest absolute Gasteiger partial charge is 0.167 e. The Kier molecular flexibility index (Phi) is 4.27. The minimum atomic E-state index is -0.323. The lowest BCUT2D eigenvalue weighted by atomic mass is 9.79. The van der Waals surface area contributed by atoms with E-state index in [1.54, 1.807) is 11.3 Å². The van der Waals surface area contributed by atoms with Crippen LogP contribution in [0.15, 0.2) is 53.4 Å². The van der Waals surface area contributed by atoms with Crippen LogP contribution in [-0.2, 0) is 11.3 Å². The first-order valence-corrected chi connectivity index (χ1v) is 8.48. The molecule has 2 nitrogen and oxygen atoms in total. The summed E-state index contributed by atoms with van der Waals surface area (Å²) >= 11 is 1.68. The maximum atomic E-state index is 12.7. The van der Waals surface area contributed by atoms with E-state index in [1.807, 2.05) is 17.5 Å². The van der Waals surface area contributed by atoms with E-state index < -0.39 is 0 Å². The van der Waals surface area contributed by atoms with E-state index in [9.17, 15) is 4.79 Å². The number of carbonyl (C=O) groups is 1. The highest BCUT2D eigenvalue weighted by Crippen LogP contribution is 2.31. The van der Waals surface area contributed by atoms with Crippen molar-refractivity contribution in [3.8, 4) is 0 Å². The highest BCUT2D eigenvalue weighted by atomic mass is 32.1. The summed E-state index contributed by atoms with van der Waals surface area (Å²) in [6, 6.07) is 14.6. The minimum absolute atomic E-state index is 0.283. The molecule has 0 saturated carbocycles. The quantitative estimate of drug-likeness (QED) is 0.790. The lowest BCUT2D eigenvalue weighted by Gasteiger charge is -2.38. The van der Waals surface area contributed by atoms with Crippen LogP contribution in [0.2, 0.25) is 0 Å². The molecule has 114 valence electrons. The van der Waals surface area contributed by atoms with Crippen molar-refractivity contribution in [1.82, 2.24) is 4.90 Å². The molecule has 0 radical (unpaired) electrons. The molecular formula is C19H21NOS. The molecule has 0 atom stereocenters. The second kappa shape index (κ2) is 6.19. The number of benzene rings is 1. The van der Waals surface area contributed by atoms with Gasteiger partial charge in [0.25, 0.3) is 0 Å². The van der Waals surface area contributed by atoms with Crippen LogP contribution in [-0.4, -0.2) is 23.8 Å². The maximum Gasteiger partial charge on any atom is 0.167 e. The summed E-state index contributed by atoms with van der Waals surface area (Å²) in [6.07, 6.45) is 2.06. The van der Waals surface area contributed by atoms with Crippen molar-refractivity contribution in [3.05, 3.63) is 63.9 Å². The predicted octanol–water partition coefficient (Wildman–Crippen LogP) is 4.24. The third-order valence-corrected chi connectivity index (χ3v) is 4.85. The molecule has 1 saturated heterocycles. The van der Waals surface area contributed by atoms with E-state index in [2.05, 4.69) is 55.2 Å². The third kappa shape index (κ3) is 3.37. The molecule has 0 bridgehead atoms. The maximum absolute atomic E-state index is 12.7. The van der Waals surface area contributed by atoms with Crippen LogP contribution in [0.1, 0.15) is 24.3 Å². The number of Topliss-reactive ketones (excluding diaryl/α,β-unsaturated/α-hetero) is 1. The first-order valence-electron chi connectivity index (χ1n) is 7.60. The lowest BCUT2D eigenvalue weighted by molar-refractivity contribution is -0.126. The van der Waals surface area contributed by atoms with Gasteiger partial charge in [-0.15, -0.1) is 11.3 Å². The zero-order chi connectivity index (χ0) is 15.6. The first kappa shape index (κ1) is 15.2. The third-order valence-electron chi connectivity index (χ3n) is 4.03. The van der Waals surface area contributed by atoms with E-state index >= 15 is 0 Å². The zero-order valence-electron chi connectivity index (χ0n) is 13.1. The van der Waals surface area contributed by atoms with Gasteiger partial charge in [0.1, 0.15) is 0 Å². The molecule has 0 N–H and O–H groups in total. The molecule has 0 unspecified atom stereocenters. The highest BCUT2D eigenvalue weighted by molar-refractivity contribution is 7.10. The minimum Gasteiger partial charge on any atom is -0.294 e. The molecule has 0 aliphatic carbocycles. The number of likely N-dealkylation sites (tertiary alicyclic amines) is 1. The Morgan fingerprint density at radius 3 is 2.64 bits per heavy atom. The van der Waals surface area contributed by atoms with E-state index in [0.29, 0.717) is 0 Å². The highest BCUT2D eigenvalue weighted by Gasteiger charge is 2.37. The molecule has 3 rings (SSSR count). The molecule has 1 aliphatic heterocycles. The van der Waals surface area contributed by atoms with Gasteiger partial charge in [-0.1, -0.05) is 50.2 Å². The summed E-state index contributed by atoms with van der Waals surface area (Å²) in [5, 5.41) is 2.05. The fourth-order valence-corrected chi connectivity index (χ4v) is 3.73. The number of thiophene rings is 1. The van der Waals surface area contributed by atoms with Gasteiger partial charge < -0.3 is 0 Å². The van der Waals surface area contributed by atoms with Crippen molar-refractivity contribution in [2.24, 2.45) is 5.41 Å². The van der Waals surface area contributed by atoms with Crippen molar-refractivity contribution in [2.75, 3.05) is 13.1 Å². The number of carbonyl (C=O) groups excluding carboxylic acids is 1. The van der Waals surface area contributed by atoms with Gasteiger partial charge in [-0.2, -0.15) is 0 Å². The van der Waals surface area contributed by atoms with Gasteiger partial charge in [0.05, 0.1) is 0 Å². The zero-order valence-corrected chi connectivity index (χ0v) is 13.9. The van der Waals surface area contributed by atoms with Gasteiger partial charge >= 0.3 is 0 Å². The number of piperidine rings is 1. The van der Waals surface area contributed by atoms with Gasteiger partial charge in [0.15, 0.2) is 5.78 Å². The standard InChI is InChI=1S/C19H21NOS/c1-19(2)14-20(12-15-7-4-3-5-8-15)13-16(18(19)21)11-17-9-6-10-22-17/h3-11H,12-14H2,1-2H3. The van der Waals surface area contributed by atoms with Crippen LogP contribution >= 0.6 is 11.3 Å². The molecule has 22 heavy (non-hydrogen) atoms. The van der Waals surface area contributed by atoms with Crippen LogP contribution in [0, 0.1) is 5.41 Å². The van der Waals surface area contributed by atoms with E-state index in [0.717, 1.165) is 30.1 Å². The molecule has 3 heteroatoms. The summed E-state index contributed by atoms with van der Waals surface area (Å²) in [4.78, 5) is 16.2. The van der Waals surface area contributed by atoms with E-state index in [-0.39, 0.29) is 11.2 Å². The van der Waals surface area contributed by atoms with Crippen LogP contribution < -0.4 is 0 Å². The Morgan fingerprint density at radius 2 is 1.95 bits per heavy atom. The van der Waals surface area contributed by atoms with E-state index in [4.69, 9.17) is 0 Å². The lowest BCUT2D eigenvalue weighted by Crippen LogP contribution is -2.47. The van der Waals surface area contributed by atoms with Crippen LogP contribution in [0.3, 0.4) is 0 Å². The van der Waals surface area contributed by atoms with Gasteiger partial charge in [-0.3, -0.25) is 9.69 Å². The summed E-state index contributed by atoms with van der Waals surface area (Å²) in [7, 11) is 0. The second-order valence-corrected chi connectivity index (χ2v) is 7.51. The fourth-order valence-electron chi connectivity index (χ4n) is 3.04. The molecule has 1 aromatic carbocycles. The first-order chi connectivity index (χ1) is 10.5. The van der Waals surface area contributed by atoms with E-state index in [1.165, 1.54) is 5.56 Å². The Hall–Kier alpha value is -1.71. The van der Waals surface area contributed by atoms with Gasteiger partial charge in [0, 0.05) is 35.5 Å². The average Bonchev–Trinajstić information content (AvgIpc) is 2.98. The van der Waals surface area contributed by atoms with Crippen molar-refractivity contribution in [2.45, 2.75) is 20.4 Å². The summed E-state index contributed by atoms with van der Waals surface area (Å²) in [6.45, 7) is 6.53. The Balaban J connectivity index is 1.83. The molecule has 2 heterocycles. The molecule has 1 aromatic heterocycles. The number of hydrogen-bond acceptors (Lipinski definition) is 3. The molecule has 0 amide bonds. The second-order valence-electron chi connectivity index (χ2n) is 6.53. The number of ketones is 1. The van der Waals surface area contributed by atoms with Gasteiger partial charge in [-0.25, -0.2) is 0 Å². The number of hydrogen-bond donors (Lipinski definition) is 0. The average molecular weight is 311 g/mol. The number of nitrogens with zero attached hydrogens (tertiary/aromatic N) is 1. The van der Waals surface area contributed by atoms with Crippen molar-refractivity contribution in [3.63, 3.8) is 0 Å². The van der Waals surface area contributed by atoms with Gasteiger partial charge in [0.2, 0.25) is 0 Å². The summed E-state index contributed by atoms with van der Waals surface area (Å²) in [5.74, 6) is 0.283. The molecular weight excluding hydrogens is 290 g/mol. The SMILES string of the molecule is CC1(C)CN(Cc2ccccc2)CC(=Cc2cccs2)C1=O. The number of rotatable bonds is 3. The Morgan fingerprint density at radius 1 is 1.18 bits per heavy atom. The molecule has 1 aliphatic rings. The Labute approximate surface area is 136 Å². The molecule has 0 spiro atoms. The predicted molar refractivity (Wildman–Crippen MR) is 92.8 cm³/mol. The molecule has 2 aromatic rings. The van der Waals surface area contributed by atoms with Gasteiger partial charge in [-0.05, 0) is 23.1 Å².